The van der Waals surface area contributed by atoms with E-state index >= 15 is 0 Å². The molecule has 0 aliphatic carbocycles. The van der Waals surface area contributed by atoms with E-state index in [9.17, 15) is 17.5 Å². The molecule has 0 N–H and O–H groups in total. The van der Waals surface area contributed by atoms with Crippen LogP contribution >= 0.6 is 11.3 Å². The highest BCUT2D eigenvalue weighted by atomic mass is 32.2. The standard InChI is InChI=1S/C19H20F2N2O3S2/c1-11(2)6-14-9-15(19(27-14)26-28(24)25)13-7-17(20)16(18(21)8-13)10-23-5-4-22-12(23)3/h4-5,7-9,11H,6,10H2,1-3H3,(H,24,25)/p-1. The molecular weight excluding hydrogens is 406 g/mol. The molecule has 9 heteroatoms. The maximum absolute atomic E-state index is 14.7. The zero-order valence-electron chi connectivity index (χ0n) is 15.6. The van der Waals surface area contributed by atoms with Gasteiger partial charge in [-0.1, -0.05) is 13.8 Å². The minimum Gasteiger partial charge on any atom is -0.740 e. The fourth-order valence-electron chi connectivity index (χ4n) is 2.90. The number of aryl methyl sites for hydroxylation is 1. The quantitative estimate of drug-likeness (QED) is 0.518. The van der Waals surface area contributed by atoms with E-state index in [-0.39, 0.29) is 22.7 Å². The van der Waals surface area contributed by atoms with Crippen LogP contribution in [-0.2, 0) is 24.3 Å². The van der Waals surface area contributed by atoms with E-state index in [1.165, 1.54) is 12.1 Å². The highest BCUT2D eigenvalue weighted by molar-refractivity contribution is 7.74. The first-order chi connectivity index (χ1) is 13.2. The van der Waals surface area contributed by atoms with E-state index < -0.39 is 23.0 Å². The first-order valence-corrected chi connectivity index (χ1v) is 10.4. The number of nitrogens with zero attached hydrogens (tertiary/aromatic N) is 2. The predicted molar refractivity (Wildman–Crippen MR) is 104 cm³/mol. The molecular formula is C19H19F2N2O3S2-. The first kappa shape index (κ1) is 20.6. The van der Waals surface area contributed by atoms with E-state index in [2.05, 4.69) is 4.98 Å². The van der Waals surface area contributed by atoms with Crippen LogP contribution < -0.4 is 4.18 Å². The molecule has 3 rings (SSSR count). The van der Waals surface area contributed by atoms with Crippen LogP contribution in [0.3, 0.4) is 0 Å². The Labute approximate surface area is 168 Å². The molecule has 3 aromatic rings. The summed E-state index contributed by atoms with van der Waals surface area (Å²) in [7, 11) is 0. The summed E-state index contributed by atoms with van der Waals surface area (Å²) in [6.45, 7) is 5.81. The SMILES string of the molecule is Cc1nccn1Cc1c(F)cc(-c2cc(CC(C)C)sc2OS(=O)[O-])cc1F. The highest BCUT2D eigenvalue weighted by Crippen LogP contribution is 2.40. The lowest BCUT2D eigenvalue weighted by atomic mass is 10.0. The van der Waals surface area contributed by atoms with E-state index in [0.717, 1.165) is 16.2 Å². The molecule has 2 heterocycles. The predicted octanol–water partition coefficient (Wildman–Crippen LogP) is 4.62. The molecule has 1 atom stereocenters. The van der Waals surface area contributed by atoms with Crippen molar-refractivity contribution in [2.75, 3.05) is 0 Å². The Morgan fingerprint density at radius 3 is 2.50 bits per heavy atom. The number of halogens is 2. The van der Waals surface area contributed by atoms with Crippen LogP contribution in [0.5, 0.6) is 5.06 Å². The number of rotatable bonds is 7. The number of hydrogen-bond donors (Lipinski definition) is 0. The Morgan fingerprint density at radius 2 is 1.96 bits per heavy atom. The van der Waals surface area contributed by atoms with Gasteiger partial charge in [0.2, 0.25) is 5.06 Å². The largest absolute Gasteiger partial charge is 0.740 e. The third-order valence-electron chi connectivity index (χ3n) is 4.21. The lowest BCUT2D eigenvalue weighted by Gasteiger charge is -2.11. The van der Waals surface area contributed by atoms with Gasteiger partial charge in [0.05, 0.1) is 6.54 Å². The summed E-state index contributed by atoms with van der Waals surface area (Å²) in [4.78, 5) is 4.93. The van der Waals surface area contributed by atoms with Gasteiger partial charge in [0.1, 0.15) is 28.8 Å². The highest BCUT2D eigenvalue weighted by Gasteiger charge is 2.19. The Balaban J connectivity index is 2.00. The molecule has 0 saturated carbocycles. The summed E-state index contributed by atoms with van der Waals surface area (Å²) >= 11 is -1.62. The molecule has 0 spiro atoms. The van der Waals surface area contributed by atoms with Crippen LogP contribution in [0.25, 0.3) is 11.1 Å². The minimum absolute atomic E-state index is 0.0138. The topological polar surface area (TPSA) is 67.2 Å². The van der Waals surface area contributed by atoms with E-state index in [4.69, 9.17) is 4.18 Å². The lowest BCUT2D eigenvalue weighted by molar-refractivity contribution is 0.445. The van der Waals surface area contributed by atoms with E-state index in [0.29, 0.717) is 23.7 Å². The fraction of sp³-hybridized carbons (Fsp3) is 0.316. The third-order valence-corrected chi connectivity index (χ3v) is 5.65. The van der Waals surface area contributed by atoms with Crippen LogP contribution in [0.2, 0.25) is 0 Å². The smallest absolute Gasteiger partial charge is 0.200 e. The summed E-state index contributed by atoms with van der Waals surface area (Å²) in [5, 5.41) is 0.0981. The molecule has 0 bridgehead atoms. The van der Waals surface area contributed by atoms with Crippen molar-refractivity contribution in [3.8, 4) is 16.2 Å². The van der Waals surface area contributed by atoms with Crippen LogP contribution in [0, 0.1) is 24.5 Å². The van der Waals surface area contributed by atoms with Gasteiger partial charge in [-0.3, -0.25) is 0 Å². The molecule has 2 aromatic heterocycles. The first-order valence-electron chi connectivity index (χ1n) is 8.61. The summed E-state index contributed by atoms with van der Waals surface area (Å²) < 4.78 is 57.9. The van der Waals surface area contributed by atoms with E-state index in [1.54, 1.807) is 30.0 Å². The van der Waals surface area contributed by atoms with Crippen LogP contribution in [0.4, 0.5) is 8.78 Å². The van der Waals surface area contributed by atoms with Crippen molar-refractivity contribution in [3.63, 3.8) is 0 Å². The zero-order chi connectivity index (χ0) is 20.4. The Hall–Kier alpha value is -2.10. The monoisotopic (exact) mass is 425 g/mol. The van der Waals surface area contributed by atoms with Gasteiger partial charge >= 0.3 is 0 Å². The van der Waals surface area contributed by atoms with Gasteiger partial charge in [-0.2, -0.15) is 0 Å². The second kappa shape index (κ2) is 8.50. The zero-order valence-corrected chi connectivity index (χ0v) is 17.2. The van der Waals surface area contributed by atoms with Crippen molar-refractivity contribution in [2.24, 2.45) is 5.92 Å². The van der Waals surface area contributed by atoms with Crippen molar-refractivity contribution < 1.29 is 21.7 Å². The number of imidazole rings is 1. The summed E-state index contributed by atoms with van der Waals surface area (Å²) in [5.74, 6) is -0.443. The Morgan fingerprint density at radius 1 is 1.29 bits per heavy atom. The summed E-state index contributed by atoms with van der Waals surface area (Å²) in [6, 6.07) is 4.12. The molecule has 28 heavy (non-hydrogen) atoms. The molecule has 5 nitrogen and oxygen atoms in total. The molecule has 0 saturated heterocycles. The Kier molecular flexibility index (Phi) is 6.26. The molecule has 1 aromatic carbocycles. The molecule has 0 radical (unpaired) electrons. The van der Waals surface area contributed by atoms with Gasteiger partial charge in [-0.15, -0.1) is 11.3 Å². The van der Waals surface area contributed by atoms with Gasteiger partial charge < -0.3 is 13.3 Å². The normalized spacial score (nSPS) is 12.5. The summed E-state index contributed by atoms with van der Waals surface area (Å²) in [5.41, 5.74) is 0.498. The second-order valence-corrected chi connectivity index (χ2v) is 8.49. The number of aromatic nitrogens is 2. The number of thiophene rings is 1. The van der Waals surface area contributed by atoms with Gasteiger partial charge in [0.25, 0.3) is 0 Å². The van der Waals surface area contributed by atoms with Gasteiger partial charge in [0, 0.05) is 28.4 Å². The van der Waals surface area contributed by atoms with Crippen LogP contribution in [-0.4, -0.2) is 18.3 Å². The van der Waals surface area contributed by atoms with Crippen molar-refractivity contribution in [1.82, 2.24) is 9.55 Å². The maximum Gasteiger partial charge on any atom is 0.200 e. The van der Waals surface area contributed by atoms with Gasteiger partial charge in [0.15, 0.2) is 0 Å². The van der Waals surface area contributed by atoms with Crippen molar-refractivity contribution in [1.29, 1.82) is 0 Å². The van der Waals surface area contributed by atoms with Crippen molar-refractivity contribution in [3.05, 3.63) is 58.5 Å². The average molecular weight is 426 g/mol. The van der Waals surface area contributed by atoms with Gasteiger partial charge in [-0.05, 0) is 43.0 Å². The van der Waals surface area contributed by atoms with Crippen molar-refractivity contribution in [2.45, 2.75) is 33.7 Å². The lowest BCUT2D eigenvalue weighted by Crippen LogP contribution is -2.06. The van der Waals surface area contributed by atoms with Gasteiger partial charge in [-0.25, -0.2) is 18.0 Å². The molecule has 0 aliphatic rings. The minimum atomic E-state index is -2.78. The van der Waals surface area contributed by atoms with Crippen LogP contribution in [0.15, 0.2) is 30.6 Å². The molecule has 0 fully saturated rings. The van der Waals surface area contributed by atoms with E-state index in [1.807, 2.05) is 13.8 Å². The number of benzene rings is 1. The molecule has 150 valence electrons. The summed E-state index contributed by atoms with van der Waals surface area (Å²) in [6.07, 6.45) is 3.91. The van der Waals surface area contributed by atoms with Crippen molar-refractivity contribution >= 4 is 22.7 Å². The third kappa shape index (κ3) is 4.65. The Bertz CT molecular complexity index is 992. The molecule has 1 unspecified atom stereocenters. The maximum atomic E-state index is 14.7. The number of hydrogen-bond acceptors (Lipinski definition) is 5. The fourth-order valence-corrected chi connectivity index (χ4v) is 4.54. The average Bonchev–Trinajstić information content (AvgIpc) is 3.16. The molecule has 0 amide bonds. The second-order valence-electron chi connectivity index (χ2n) is 6.82. The van der Waals surface area contributed by atoms with Crippen LogP contribution in [0.1, 0.15) is 30.1 Å². The molecule has 0 aliphatic heterocycles.